The van der Waals surface area contributed by atoms with Crippen LogP contribution in [0.4, 0.5) is 5.69 Å². The molecule has 0 aliphatic heterocycles. The number of thioether (sulfide) groups is 1. The van der Waals surface area contributed by atoms with E-state index in [4.69, 9.17) is 5.26 Å². The van der Waals surface area contributed by atoms with Crippen molar-refractivity contribution in [1.29, 1.82) is 5.26 Å². The third kappa shape index (κ3) is 3.54. The minimum atomic E-state index is -0.205. The quantitative estimate of drug-likeness (QED) is 0.853. The summed E-state index contributed by atoms with van der Waals surface area (Å²) in [5.74, 6) is 1.25. The molecule has 1 amide bonds. The smallest absolute Gasteiger partial charge is 0.221 e. The molecule has 23 heavy (non-hydrogen) atoms. The molecule has 1 aromatic heterocycles. The Morgan fingerprint density at radius 1 is 1.48 bits per heavy atom. The lowest BCUT2D eigenvalue weighted by Crippen LogP contribution is -2.07. The van der Waals surface area contributed by atoms with E-state index in [1.54, 1.807) is 0 Å². The lowest BCUT2D eigenvalue weighted by Gasteiger charge is -2.12. The van der Waals surface area contributed by atoms with Gasteiger partial charge in [-0.05, 0) is 38.0 Å². The molecule has 1 fully saturated rings. The van der Waals surface area contributed by atoms with E-state index in [2.05, 4.69) is 21.6 Å². The average Bonchev–Trinajstić information content (AvgIpc) is 3.28. The number of aromatic nitrogens is 3. The first kappa shape index (κ1) is 15.6. The molecular formula is C16H17N5OS. The van der Waals surface area contributed by atoms with Gasteiger partial charge in [-0.3, -0.25) is 9.36 Å². The van der Waals surface area contributed by atoms with Crippen LogP contribution < -0.4 is 5.32 Å². The summed E-state index contributed by atoms with van der Waals surface area (Å²) in [6.45, 7) is 3.32. The Bertz CT molecular complexity index is 775. The number of hydrogen-bond donors (Lipinski definition) is 1. The molecular weight excluding hydrogens is 310 g/mol. The zero-order valence-corrected chi connectivity index (χ0v) is 13.8. The molecule has 1 atom stereocenters. The molecule has 1 saturated carbocycles. The average molecular weight is 327 g/mol. The lowest BCUT2D eigenvalue weighted by atomic mass is 10.2. The Hall–Kier alpha value is -2.33. The van der Waals surface area contributed by atoms with Gasteiger partial charge in [-0.2, -0.15) is 5.26 Å². The fraction of sp³-hybridized carbons (Fsp3) is 0.375. The van der Waals surface area contributed by atoms with Gasteiger partial charge in [0.2, 0.25) is 5.91 Å². The first-order valence-electron chi connectivity index (χ1n) is 7.48. The van der Waals surface area contributed by atoms with Crippen LogP contribution in [0.3, 0.4) is 0 Å². The standard InChI is InChI=1S/C16H17N5OS/c1-10(9-17)23-16-20-19-15(12-6-7-12)21(16)14-5-3-4-13(8-14)18-11(2)22/h3-5,8,10,12H,6-7H2,1-2H3,(H,18,22). The second-order valence-corrected chi connectivity index (χ2v) is 6.88. The molecule has 1 N–H and O–H groups in total. The van der Waals surface area contributed by atoms with Crippen molar-refractivity contribution in [3.05, 3.63) is 30.1 Å². The minimum absolute atomic E-state index is 0.110. The van der Waals surface area contributed by atoms with Crippen molar-refractivity contribution in [2.75, 3.05) is 5.32 Å². The molecule has 3 rings (SSSR count). The van der Waals surface area contributed by atoms with E-state index in [-0.39, 0.29) is 11.2 Å². The maximum atomic E-state index is 11.3. The maximum absolute atomic E-state index is 11.3. The molecule has 1 aliphatic carbocycles. The van der Waals surface area contributed by atoms with E-state index < -0.39 is 0 Å². The number of hydrogen-bond acceptors (Lipinski definition) is 5. The number of nitrogens with one attached hydrogen (secondary N) is 1. The summed E-state index contributed by atoms with van der Waals surface area (Å²) in [6.07, 6.45) is 2.23. The molecule has 0 saturated heterocycles. The molecule has 1 heterocycles. The van der Waals surface area contributed by atoms with Gasteiger partial charge in [0.05, 0.1) is 17.0 Å². The number of nitrogens with zero attached hydrogens (tertiary/aromatic N) is 4. The van der Waals surface area contributed by atoms with Crippen LogP contribution >= 0.6 is 11.8 Å². The van der Waals surface area contributed by atoms with Gasteiger partial charge in [-0.25, -0.2) is 0 Å². The summed E-state index contributed by atoms with van der Waals surface area (Å²) < 4.78 is 2.00. The normalized spacial score (nSPS) is 15.0. The van der Waals surface area contributed by atoms with Gasteiger partial charge < -0.3 is 5.32 Å². The van der Waals surface area contributed by atoms with Crippen LogP contribution in [-0.4, -0.2) is 25.9 Å². The molecule has 1 aromatic carbocycles. The molecule has 6 nitrogen and oxygen atoms in total. The second kappa shape index (κ2) is 6.42. The number of nitriles is 1. The third-order valence-corrected chi connectivity index (χ3v) is 4.42. The highest BCUT2D eigenvalue weighted by Crippen LogP contribution is 2.41. The van der Waals surface area contributed by atoms with Crippen LogP contribution in [0.5, 0.6) is 0 Å². The highest BCUT2D eigenvalue weighted by molar-refractivity contribution is 8.00. The molecule has 1 aliphatic rings. The minimum Gasteiger partial charge on any atom is -0.326 e. The van der Waals surface area contributed by atoms with Crippen molar-refractivity contribution in [3.8, 4) is 11.8 Å². The molecule has 0 radical (unpaired) electrons. The zero-order valence-electron chi connectivity index (χ0n) is 13.0. The Balaban J connectivity index is 2.01. The van der Waals surface area contributed by atoms with Gasteiger partial charge in [0.15, 0.2) is 5.16 Å². The van der Waals surface area contributed by atoms with Crippen LogP contribution in [0.1, 0.15) is 38.4 Å². The van der Waals surface area contributed by atoms with E-state index >= 15 is 0 Å². The van der Waals surface area contributed by atoms with E-state index in [0.717, 1.165) is 30.0 Å². The molecule has 0 spiro atoms. The van der Waals surface area contributed by atoms with Crippen LogP contribution in [0.25, 0.3) is 5.69 Å². The van der Waals surface area contributed by atoms with E-state index in [1.165, 1.54) is 18.7 Å². The van der Waals surface area contributed by atoms with Gasteiger partial charge in [0, 0.05) is 18.5 Å². The summed E-state index contributed by atoms with van der Waals surface area (Å²) in [6, 6.07) is 9.80. The topological polar surface area (TPSA) is 83.6 Å². The van der Waals surface area contributed by atoms with Crippen LogP contribution in [0, 0.1) is 11.3 Å². The van der Waals surface area contributed by atoms with Crippen LogP contribution in [0.15, 0.2) is 29.4 Å². The van der Waals surface area contributed by atoms with Crippen molar-refractivity contribution in [2.45, 2.75) is 43.0 Å². The summed E-state index contributed by atoms with van der Waals surface area (Å²) in [5.41, 5.74) is 1.63. The SMILES string of the molecule is CC(=O)Nc1cccc(-n2c(SC(C)C#N)nnc2C2CC2)c1. The molecule has 118 valence electrons. The van der Waals surface area contributed by atoms with Gasteiger partial charge in [-0.1, -0.05) is 17.8 Å². The number of rotatable bonds is 5. The predicted molar refractivity (Wildman–Crippen MR) is 88.6 cm³/mol. The summed E-state index contributed by atoms with van der Waals surface area (Å²) in [4.78, 5) is 11.3. The highest BCUT2D eigenvalue weighted by atomic mass is 32.2. The van der Waals surface area contributed by atoms with Crippen LogP contribution in [0.2, 0.25) is 0 Å². The Labute approximate surface area is 138 Å². The van der Waals surface area contributed by atoms with Crippen molar-refractivity contribution >= 4 is 23.4 Å². The van der Waals surface area contributed by atoms with Gasteiger partial charge in [0.25, 0.3) is 0 Å². The number of carbonyl (C=O) groups is 1. The number of benzene rings is 1. The molecule has 2 aromatic rings. The van der Waals surface area contributed by atoms with E-state index in [9.17, 15) is 4.79 Å². The number of anilines is 1. The van der Waals surface area contributed by atoms with Gasteiger partial charge in [0.1, 0.15) is 5.82 Å². The number of amides is 1. The fourth-order valence-electron chi connectivity index (χ4n) is 2.32. The van der Waals surface area contributed by atoms with E-state index in [0.29, 0.717) is 11.1 Å². The Morgan fingerprint density at radius 2 is 2.26 bits per heavy atom. The van der Waals surface area contributed by atoms with Gasteiger partial charge >= 0.3 is 0 Å². The van der Waals surface area contributed by atoms with Crippen molar-refractivity contribution in [2.24, 2.45) is 0 Å². The summed E-state index contributed by atoms with van der Waals surface area (Å²) in [7, 11) is 0. The highest BCUT2D eigenvalue weighted by Gasteiger charge is 2.31. The number of carbonyl (C=O) groups excluding carboxylic acids is 1. The summed E-state index contributed by atoms with van der Waals surface area (Å²) in [5, 5.41) is 20.9. The lowest BCUT2D eigenvalue weighted by molar-refractivity contribution is -0.114. The monoisotopic (exact) mass is 327 g/mol. The first-order chi connectivity index (χ1) is 11.1. The first-order valence-corrected chi connectivity index (χ1v) is 8.36. The van der Waals surface area contributed by atoms with Crippen LogP contribution in [-0.2, 0) is 4.79 Å². The zero-order chi connectivity index (χ0) is 16.4. The predicted octanol–water partition coefficient (Wildman–Crippen LogP) is 3.11. The van der Waals surface area contributed by atoms with Crippen molar-refractivity contribution in [3.63, 3.8) is 0 Å². The Morgan fingerprint density at radius 3 is 2.91 bits per heavy atom. The Kier molecular flexibility index (Phi) is 4.35. The maximum Gasteiger partial charge on any atom is 0.221 e. The van der Waals surface area contributed by atoms with Gasteiger partial charge in [-0.15, -0.1) is 10.2 Å². The van der Waals surface area contributed by atoms with E-state index in [1.807, 2.05) is 35.8 Å². The van der Waals surface area contributed by atoms with Crippen molar-refractivity contribution in [1.82, 2.24) is 14.8 Å². The third-order valence-electron chi connectivity index (χ3n) is 3.49. The largest absolute Gasteiger partial charge is 0.326 e. The van der Waals surface area contributed by atoms with Crippen molar-refractivity contribution < 1.29 is 4.79 Å². The molecule has 1 unspecified atom stereocenters. The fourth-order valence-corrected chi connectivity index (χ4v) is 3.08. The second-order valence-electron chi connectivity index (χ2n) is 5.57. The molecule has 7 heteroatoms. The molecule has 0 bridgehead atoms. The summed E-state index contributed by atoms with van der Waals surface area (Å²) >= 11 is 1.39.